The zero-order valence-corrected chi connectivity index (χ0v) is 27.6. The first-order valence-corrected chi connectivity index (χ1v) is 16.7. The topological polar surface area (TPSA) is 136 Å². The number of aromatic nitrogens is 3. The van der Waals surface area contributed by atoms with E-state index in [0.29, 0.717) is 30.8 Å². The number of carboxylic acids is 1. The van der Waals surface area contributed by atoms with Crippen LogP contribution < -0.4 is 25.2 Å². The lowest BCUT2D eigenvalue weighted by Crippen LogP contribution is -2.44. The van der Waals surface area contributed by atoms with Crippen LogP contribution >= 0.6 is 0 Å². The van der Waals surface area contributed by atoms with E-state index in [1.165, 1.54) is 12.0 Å². The molecule has 0 radical (unpaired) electrons. The van der Waals surface area contributed by atoms with Crippen molar-refractivity contribution in [2.75, 3.05) is 67.5 Å². The molecule has 50 heavy (non-hydrogen) atoms. The summed E-state index contributed by atoms with van der Waals surface area (Å²) in [6.45, 7) is 6.72. The summed E-state index contributed by atoms with van der Waals surface area (Å²) < 4.78 is 37.9. The number of carboxylic acid groups (broad SMARTS) is 1. The molecule has 4 N–H and O–H groups in total. The highest BCUT2D eigenvalue weighted by atomic mass is 19.4. The van der Waals surface area contributed by atoms with Crippen LogP contribution in [0.2, 0.25) is 0 Å². The largest absolute Gasteiger partial charge is 0.508 e. The van der Waals surface area contributed by atoms with Crippen LogP contribution in [0, 0.1) is 5.92 Å². The fraction of sp³-hybridized carbons (Fsp3) is 0.389. The Morgan fingerprint density at radius 1 is 0.900 bits per heavy atom. The Morgan fingerprint density at radius 3 is 2.26 bits per heavy atom. The van der Waals surface area contributed by atoms with Crippen molar-refractivity contribution < 1.29 is 32.9 Å². The maximum absolute atomic E-state index is 10.6. The Bertz CT molecular complexity index is 1660. The zero-order chi connectivity index (χ0) is 35.3. The summed E-state index contributed by atoms with van der Waals surface area (Å²) in [5, 5.41) is 23.7. The maximum Gasteiger partial charge on any atom is 0.490 e. The van der Waals surface area contributed by atoms with Crippen LogP contribution in [0.4, 0.5) is 31.0 Å². The number of piperazine rings is 1. The van der Waals surface area contributed by atoms with E-state index in [0.717, 1.165) is 87.3 Å². The average Bonchev–Trinajstić information content (AvgIpc) is 3.13. The molecule has 0 saturated carbocycles. The summed E-state index contributed by atoms with van der Waals surface area (Å²) in [5.74, 6) is 1.05. The van der Waals surface area contributed by atoms with E-state index >= 15 is 0 Å². The summed E-state index contributed by atoms with van der Waals surface area (Å²) in [5.41, 5.74) is 3.50. The van der Waals surface area contributed by atoms with Crippen LogP contribution in [0.5, 0.6) is 11.5 Å². The van der Waals surface area contributed by atoms with E-state index in [1.807, 2.05) is 48.5 Å². The minimum absolute atomic E-state index is 0.309. The van der Waals surface area contributed by atoms with Gasteiger partial charge in [-0.15, -0.1) is 0 Å². The quantitative estimate of drug-likeness (QED) is 0.146. The predicted molar refractivity (Wildman–Crippen MR) is 186 cm³/mol. The first kappa shape index (κ1) is 36.2. The van der Waals surface area contributed by atoms with Gasteiger partial charge in [0, 0.05) is 51.4 Å². The summed E-state index contributed by atoms with van der Waals surface area (Å²) in [4.78, 5) is 28.1. The number of ether oxygens (including phenoxy) is 1. The highest BCUT2D eigenvalue weighted by Crippen LogP contribution is 2.30. The Hall–Kier alpha value is -5.11. The molecule has 1 unspecified atom stereocenters. The Kier molecular flexibility index (Phi) is 12.7. The molecule has 4 aromatic rings. The fourth-order valence-corrected chi connectivity index (χ4v) is 5.86. The number of nitrogens with zero attached hydrogens (tertiary/aromatic N) is 5. The van der Waals surface area contributed by atoms with Crippen molar-refractivity contribution in [1.82, 2.24) is 20.3 Å². The van der Waals surface area contributed by atoms with Crippen LogP contribution in [0.1, 0.15) is 24.8 Å². The minimum Gasteiger partial charge on any atom is -0.508 e. The highest BCUT2D eigenvalue weighted by molar-refractivity contribution is 5.73. The van der Waals surface area contributed by atoms with Crippen LogP contribution in [0.15, 0.2) is 78.9 Å². The third-order valence-corrected chi connectivity index (χ3v) is 8.35. The van der Waals surface area contributed by atoms with Gasteiger partial charge in [-0.1, -0.05) is 60.7 Å². The molecule has 266 valence electrons. The van der Waals surface area contributed by atoms with Crippen LogP contribution in [-0.2, 0) is 11.2 Å². The first-order chi connectivity index (χ1) is 24.2. The number of para-hydroxylation sites is 1. The lowest BCUT2D eigenvalue weighted by Gasteiger charge is -2.34. The van der Waals surface area contributed by atoms with Gasteiger partial charge in [-0.05, 0) is 60.9 Å². The molecular formula is C36H42F3N7O4. The van der Waals surface area contributed by atoms with E-state index in [1.54, 1.807) is 12.1 Å². The summed E-state index contributed by atoms with van der Waals surface area (Å²) in [7, 11) is 0. The number of carbonyl (C=O) groups is 1. The second-order valence-corrected chi connectivity index (χ2v) is 12.1. The zero-order valence-electron chi connectivity index (χ0n) is 27.6. The van der Waals surface area contributed by atoms with E-state index in [9.17, 15) is 18.3 Å². The molecule has 11 nitrogen and oxygen atoms in total. The van der Waals surface area contributed by atoms with Crippen molar-refractivity contribution in [3.05, 3.63) is 84.4 Å². The number of hydrogen-bond donors (Lipinski definition) is 4. The van der Waals surface area contributed by atoms with Gasteiger partial charge in [0.1, 0.15) is 11.5 Å². The second kappa shape index (κ2) is 17.5. The van der Waals surface area contributed by atoms with Gasteiger partial charge in [0.2, 0.25) is 17.8 Å². The van der Waals surface area contributed by atoms with Gasteiger partial charge in [-0.2, -0.15) is 28.1 Å². The molecule has 1 atom stereocenters. The molecule has 2 aliphatic heterocycles. The number of rotatable bonds is 11. The number of anilines is 3. The van der Waals surface area contributed by atoms with Gasteiger partial charge in [0.25, 0.3) is 0 Å². The molecule has 14 heteroatoms. The Labute approximate surface area is 289 Å². The van der Waals surface area contributed by atoms with Crippen LogP contribution in [-0.4, -0.2) is 89.7 Å². The Morgan fingerprint density at radius 2 is 1.56 bits per heavy atom. The monoisotopic (exact) mass is 693 g/mol. The lowest BCUT2D eigenvalue weighted by atomic mass is 9.91. The number of aliphatic carboxylic acids is 1. The molecule has 3 aromatic carbocycles. The molecule has 0 aliphatic carbocycles. The van der Waals surface area contributed by atoms with E-state index in [4.69, 9.17) is 29.6 Å². The highest BCUT2D eigenvalue weighted by Gasteiger charge is 2.38. The minimum atomic E-state index is -5.08. The van der Waals surface area contributed by atoms with Crippen molar-refractivity contribution in [2.45, 2.75) is 31.9 Å². The molecule has 6 rings (SSSR count). The van der Waals surface area contributed by atoms with Gasteiger partial charge in [-0.25, -0.2) is 4.79 Å². The average molecular weight is 694 g/mol. The van der Waals surface area contributed by atoms with Gasteiger partial charge in [0.05, 0.1) is 6.61 Å². The third kappa shape index (κ3) is 10.7. The summed E-state index contributed by atoms with van der Waals surface area (Å²) in [6, 6.07) is 26.1. The molecule has 2 aliphatic rings. The van der Waals surface area contributed by atoms with E-state index < -0.39 is 12.1 Å². The number of piperidine rings is 1. The standard InChI is InChI=1S/C34H41N7O2.C2HF3O2/c42-29-15-13-26(14-16-29)24-27-8-6-20-41(25-27)34-38-32(37-33(39-34)40-21-18-35-19-22-40)36-17-7-23-43-31-12-5-4-11-30(31)28-9-2-1-3-10-28;3-2(4,5)1(6)7/h1-5,9-16,27,35,42H,6-8,17-25H2,(H,36,37,38,39);(H,6,7). The van der Waals surface area contributed by atoms with E-state index in [-0.39, 0.29) is 0 Å². The fourth-order valence-electron chi connectivity index (χ4n) is 5.86. The van der Waals surface area contributed by atoms with Crippen LogP contribution in [0.3, 0.4) is 0 Å². The lowest BCUT2D eigenvalue weighted by molar-refractivity contribution is -0.192. The van der Waals surface area contributed by atoms with Crippen molar-refractivity contribution >= 4 is 23.8 Å². The predicted octanol–water partition coefficient (Wildman–Crippen LogP) is 5.63. The van der Waals surface area contributed by atoms with Crippen molar-refractivity contribution in [1.29, 1.82) is 0 Å². The van der Waals surface area contributed by atoms with E-state index in [2.05, 4.69) is 38.6 Å². The summed E-state index contributed by atoms with van der Waals surface area (Å²) >= 11 is 0. The van der Waals surface area contributed by atoms with Crippen molar-refractivity contribution in [2.24, 2.45) is 5.92 Å². The molecule has 3 heterocycles. The normalized spacial score (nSPS) is 16.3. The maximum atomic E-state index is 10.6. The number of benzene rings is 3. The summed E-state index contributed by atoms with van der Waals surface area (Å²) in [6.07, 6.45) is -1.02. The van der Waals surface area contributed by atoms with Crippen LogP contribution in [0.25, 0.3) is 11.1 Å². The Balaban J connectivity index is 0.000000630. The smallest absolute Gasteiger partial charge is 0.490 e. The van der Waals surface area contributed by atoms with Gasteiger partial charge in [0.15, 0.2) is 0 Å². The number of phenols is 1. The first-order valence-electron chi connectivity index (χ1n) is 16.7. The number of nitrogens with one attached hydrogen (secondary N) is 2. The number of phenolic OH excluding ortho intramolecular Hbond substituents is 1. The number of halogens is 3. The van der Waals surface area contributed by atoms with Crippen molar-refractivity contribution in [3.63, 3.8) is 0 Å². The third-order valence-electron chi connectivity index (χ3n) is 8.35. The number of hydrogen-bond acceptors (Lipinski definition) is 10. The number of alkyl halides is 3. The number of aromatic hydroxyl groups is 1. The molecule has 0 amide bonds. The van der Waals surface area contributed by atoms with Crippen molar-refractivity contribution in [3.8, 4) is 22.6 Å². The van der Waals surface area contributed by atoms with Gasteiger partial charge < -0.3 is 35.4 Å². The second-order valence-electron chi connectivity index (χ2n) is 12.1. The molecule has 2 fully saturated rings. The molecule has 0 spiro atoms. The van der Waals surface area contributed by atoms with Gasteiger partial charge in [-0.3, -0.25) is 0 Å². The molecule has 2 saturated heterocycles. The molecular weight excluding hydrogens is 651 g/mol. The SMILES string of the molecule is O=C(O)C(F)(F)F.Oc1ccc(CC2CCCN(c3nc(NCCCOc4ccccc4-c4ccccc4)nc(N4CCNCC4)n3)C2)cc1. The van der Waals surface area contributed by atoms with Gasteiger partial charge >= 0.3 is 12.1 Å². The molecule has 1 aromatic heterocycles. The molecule has 0 bridgehead atoms.